The molecule has 1 aromatic heterocycles. The van der Waals surface area contributed by atoms with Crippen LogP contribution in [0.4, 0.5) is 11.5 Å². The second-order valence-electron chi connectivity index (χ2n) is 7.25. The fourth-order valence-electron chi connectivity index (χ4n) is 4.16. The summed E-state index contributed by atoms with van der Waals surface area (Å²) >= 11 is 0. The van der Waals surface area contributed by atoms with E-state index in [1.807, 2.05) is 23.8 Å². The zero-order valence-corrected chi connectivity index (χ0v) is 16.0. The van der Waals surface area contributed by atoms with E-state index < -0.39 is 0 Å². The highest BCUT2D eigenvalue weighted by molar-refractivity contribution is 5.72. The molecule has 0 saturated heterocycles. The first kappa shape index (κ1) is 19.0. The second-order valence-corrected chi connectivity index (χ2v) is 7.25. The SMILES string of the molecule is CCN1c2c(n(C)c(=O)n(CCCO)c2=O)N(C)C1OCC1CCCC1. The summed E-state index contributed by atoms with van der Waals surface area (Å²) in [4.78, 5) is 29.4. The van der Waals surface area contributed by atoms with Gasteiger partial charge in [0.25, 0.3) is 5.56 Å². The number of ether oxygens (including phenoxy) is 1. The monoisotopic (exact) mass is 366 g/mol. The Kier molecular flexibility index (Phi) is 5.72. The predicted molar refractivity (Wildman–Crippen MR) is 101 cm³/mol. The minimum atomic E-state index is -0.373. The number of aliphatic hydroxyl groups is 1. The number of hydrogen-bond acceptors (Lipinski definition) is 6. The molecule has 26 heavy (non-hydrogen) atoms. The standard InChI is InChI=1S/C18H30N4O4/c1-4-21-14-15(19(2)17(25)22(16(14)24)10-7-11-23)20(3)18(21)26-12-13-8-5-6-9-13/h13,18,23H,4-12H2,1-3H3. The predicted octanol–water partition coefficient (Wildman–Crippen LogP) is 0.696. The zero-order valence-electron chi connectivity index (χ0n) is 16.0. The van der Waals surface area contributed by atoms with Gasteiger partial charge >= 0.3 is 5.69 Å². The summed E-state index contributed by atoms with van der Waals surface area (Å²) in [6.07, 6.45) is 4.91. The van der Waals surface area contributed by atoms with Gasteiger partial charge in [0.2, 0.25) is 6.35 Å². The lowest BCUT2D eigenvalue weighted by Crippen LogP contribution is -2.45. The molecule has 2 heterocycles. The Balaban J connectivity index is 1.95. The van der Waals surface area contributed by atoms with E-state index in [-0.39, 0.29) is 30.8 Å². The Morgan fingerprint density at radius 1 is 1.19 bits per heavy atom. The highest BCUT2D eigenvalue weighted by atomic mass is 16.5. The van der Waals surface area contributed by atoms with Crippen molar-refractivity contribution < 1.29 is 9.84 Å². The largest absolute Gasteiger partial charge is 0.396 e. The van der Waals surface area contributed by atoms with Crippen LogP contribution in [0.25, 0.3) is 0 Å². The van der Waals surface area contributed by atoms with Crippen molar-refractivity contribution in [2.75, 3.05) is 36.6 Å². The third-order valence-electron chi connectivity index (χ3n) is 5.55. The Labute approximate surface area is 153 Å². The summed E-state index contributed by atoms with van der Waals surface area (Å²) in [6, 6.07) is 0. The van der Waals surface area contributed by atoms with Crippen LogP contribution >= 0.6 is 0 Å². The minimum Gasteiger partial charge on any atom is -0.396 e. The van der Waals surface area contributed by atoms with Crippen LogP contribution in [0.2, 0.25) is 0 Å². The van der Waals surface area contributed by atoms with Crippen molar-refractivity contribution in [3.05, 3.63) is 20.8 Å². The van der Waals surface area contributed by atoms with Crippen LogP contribution in [0.1, 0.15) is 39.0 Å². The molecule has 1 atom stereocenters. The third kappa shape index (κ3) is 3.16. The van der Waals surface area contributed by atoms with Crippen LogP contribution in [-0.2, 0) is 18.3 Å². The molecule has 1 N–H and O–H groups in total. The van der Waals surface area contributed by atoms with Crippen molar-refractivity contribution in [3.63, 3.8) is 0 Å². The topological polar surface area (TPSA) is 79.9 Å². The second kappa shape index (κ2) is 7.84. The van der Waals surface area contributed by atoms with Crippen molar-refractivity contribution in [1.82, 2.24) is 9.13 Å². The van der Waals surface area contributed by atoms with Crippen LogP contribution in [0.5, 0.6) is 0 Å². The molecule has 8 nitrogen and oxygen atoms in total. The number of aliphatic hydroxyl groups excluding tert-OH is 1. The Morgan fingerprint density at radius 2 is 1.88 bits per heavy atom. The van der Waals surface area contributed by atoms with Gasteiger partial charge in [-0.1, -0.05) is 12.8 Å². The van der Waals surface area contributed by atoms with Gasteiger partial charge in [0.05, 0.1) is 6.61 Å². The highest BCUT2D eigenvalue weighted by Crippen LogP contribution is 2.35. The van der Waals surface area contributed by atoms with Crippen molar-refractivity contribution in [1.29, 1.82) is 0 Å². The first-order valence-corrected chi connectivity index (χ1v) is 9.57. The van der Waals surface area contributed by atoms with Gasteiger partial charge in [0.1, 0.15) is 11.5 Å². The maximum Gasteiger partial charge on any atom is 0.332 e. The summed E-state index contributed by atoms with van der Waals surface area (Å²) in [7, 11) is 3.55. The van der Waals surface area contributed by atoms with E-state index in [0.29, 0.717) is 37.0 Å². The number of rotatable bonds is 7. The number of fused-ring (bicyclic) bond motifs is 1. The van der Waals surface area contributed by atoms with Gasteiger partial charge < -0.3 is 19.6 Å². The van der Waals surface area contributed by atoms with Gasteiger partial charge in [-0.25, -0.2) is 4.79 Å². The summed E-state index contributed by atoms with van der Waals surface area (Å²) in [5, 5.41) is 9.07. The molecule has 0 spiro atoms. The lowest BCUT2D eigenvalue weighted by molar-refractivity contribution is 0.0336. The van der Waals surface area contributed by atoms with Gasteiger partial charge in [0.15, 0.2) is 0 Å². The lowest BCUT2D eigenvalue weighted by atomic mass is 10.1. The molecule has 1 aliphatic heterocycles. The Hall–Kier alpha value is -1.80. The molecule has 0 radical (unpaired) electrons. The molecule has 3 rings (SSSR count). The molecule has 1 saturated carbocycles. The molecule has 2 aliphatic rings. The Morgan fingerprint density at radius 3 is 2.50 bits per heavy atom. The van der Waals surface area contributed by atoms with Crippen LogP contribution in [-0.4, -0.2) is 47.4 Å². The summed E-state index contributed by atoms with van der Waals surface area (Å²) in [5.41, 5.74) is -0.162. The first-order valence-electron chi connectivity index (χ1n) is 9.57. The fourth-order valence-corrected chi connectivity index (χ4v) is 4.16. The number of hydrogen-bond donors (Lipinski definition) is 1. The average molecular weight is 366 g/mol. The van der Waals surface area contributed by atoms with Gasteiger partial charge in [-0.2, -0.15) is 0 Å². The van der Waals surface area contributed by atoms with Crippen LogP contribution < -0.4 is 21.0 Å². The molecule has 0 bridgehead atoms. The van der Waals surface area contributed by atoms with E-state index in [4.69, 9.17) is 9.84 Å². The van der Waals surface area contributed by atoms with Gasteiger partial charge in [-0.15, -0.1) is 0 Å². The quantitative estimate of drug-likeness (QED) is 0.765. The highest BCUT2D eigenvalue weighted by Gasteiger charge is 2.39. The smallest absolute Gasteiger partial charge is 0.332 e. The van der Waals surface area contributed by atoms with Crippen molar-refractivity contribution in [2.45, 2.75) is 51.9 Å². The Bertz CT molecular complexity index is 751. The number of anilines is 2. The fraction of sp³-hybridized carbons (Fsp3) is 0.778. The molecule has 0 amide bonds. The molecule has 8 heteroatoms. The van der Waals surface area contributed by atoms with Crippen molar-refractivity contribution in [3.8, 4) is 0 Å². The molecular formula is C18H30N4O4. The van der Waals surface area contributed by atoms with Crippen LogP contribution in [0.15, 0.2) is 9.59 Å². The molecular weight excluding hydrogens is 336 g/mol. The van der Waals surface area contributed by atoms with Crippen LogP contribution in [0, 0.1) is 5.92 Å². The average Bonchev–Trinajstić information content (AvgIpc) is 3.24. The molecule has 1 unspecified atom stereocenters. The maximum atomic E-state index is 13.0. The molecule has 146 valence electrons. The third-order valence-corrected chi connectivity index (χ3v) is 5.55. The van der Waals surface area contributed by atoms with E-state index in [1.54, 1.807) is 7.05 Å². The van der Waals surface area contributed by atoms with E-state index in [0.717, 1.165) is 0 Å². The summed E-state index contributed by atoms with van der Waals surface area (Å²) in [6.45, 7) is 3.42. The summed E-state index contributed by atoms with van der Waals surface area (Å²) in [5.74, 6) is 1.18. The van der Waals surface area contributed by atoms with E-state index >= 15 is 0 Å². The molecule has 1 fully saturated rings. The van der Waals surface area contributed by atoms with Crippen molar-refractivity contribution >= 4 is 11.5 Å². The van der Waals surface area contributed by atoms with E-state index in [9.17, 15) is 9.59 Å². The van der Waals surface area contributed by atoms with E-state index in [2.05, 4.69) is 0 Å². The van der Waals surface area contributed by atoms with Gasteiger partial charge in [-0.3, -0.25) is 13.9 Å². The molecule has 1 aromatic rings. The normalized spacial score (nSPS) is 20.2. The zero-order chi connectivity index (χ0) is 18.8. The minimum absolute atomic E-state index is 0.0583. The first-order chi connectivity index (χ1) is 12.5. The number of aromatic nitrogens is 2. The van der Waals surface area contributed by atoms with Gasteiger partial charge in [0, 0.05) is 33.8 Å². The summed E-state index contributed by atoms with van der Waals surface area (Å²) < 4.78 is 8.93. The lowest BCUT2D eigenvalue weighted by Gasteiger charge is -2.30. The van der Waals surface area contributed by atoms with Crippen LogP contribution in [0.3, 0.4) is 0 Å². The molecule has 1 aliphatic carbocycles. The molecule has 0 aromatic carbocycles. The van der Waals surface area contributed by atoms with E-state index in [1.165, 1.54) is 34.8 Å². The number of nitrogens with zero attached hydrogens (tertiary/aromatic N) is 4. The van der Waals surface area contributed by atoms with Crippen molar-refractivity contribution in [2.24, 2.45) is 13.0 Å². The maximum absolute atomic E-state index is 13.0. The van der Waals surface area contributed by atoms with Gasteiger partial charge in [-0.05, 0) is 32.1 Å².